The largest absolute Gasteiger partial charge is 0.497 e. The van der Waals surface area contributed by atoms with E-state index < -0.39 is 0 Å². The zero-order chi connectivity index (χ0) is 33.2. The molecule has 0 aromatic heterocycles. The first kappa shape index (κ1) is 30.3. The van der Waals surface area contributed by atoms with Crippen molar-refractivity contribution in [3.05, 3.63) is 168 Å². The van der Waals surface area contributed by atoms with Crippen molar-refractivity contribution in [3.63, 3.8) is 0 Å². The van der Waals surface area contributed by atoms with Crippen molar-refractivity contribution in [1.29, 1.82) is 0 Å². The van der Waals surface area contributed by atoms with Gasteiger partial charge in [-0.2, -0.15) is 0 Å². The molecule has 234 valence electrons. The van der Waals surface area contributed by atoms with Crippen LogP contribution in [0.25, 0.3) is 44.5 Å². The molecule has 4 N–H and O–H groups in total. The maximum absolute atomic E-state index is 14.9. The molecule has 0 bridgehead atoms. The van der Waals surface area contributed by atoms with E-state index in [9.17, 15) is 4.79 Å². The number of benzene rings is 6. The number of allylic oxidation sites excluding steroid dienone is 4. The van der Waals surface area contributed by atoms with Crippen molar-refractivity contribution in [2.24, 2.45) is 0 Å². The van der Waals surface area contributed by atoms with Crippen LogP contribution in [-0.4, -0.2) is 20.0 Å². The van der Waals surface area contributed by atoms with E-state index in [0.29, 0.717) is 22.5 Å². The lowest BCUT2D eigenvalue weighted by molar-refractivity contribution is -0.108. The van der Waals surface area contributed by atoms with Crippen molar-refractivity contribution in [2.75, 3.05) is 25.7 Å². The summed E-state index contributed by atoms with van der Waals surface area (Å²) in [6.07, 6.45) is 0. The van der Waals surface area contributed by atoms with Gasteiger partial charge in [-0.15, -0.1) is 0 Å². The van der Waals surface area contributed by atoms with Crippen LogP contribution in [0, 0.1) is 0 Å². The van der Waals surface area contributed by atoms with Gasteiger partial charge in [0.1, 0.15) is 11.5 Å². The second-order valence-electron chi connectivity index (χ2n) is 11.7. The molecule has 6 aromatic carbocycles. The molecule has 5 heteroatoms. The Morgan fingerprint density at radius 2 is 0.562 bits per heavy atom. The lowest BCUT2D eigenvalue weighted by Gasteiger charge is -2.15. The third kappa shape index (κ3) is 5.74. The van der Waals surface area contributed by atoms with Crippen molar-refractivity contribution >= 4 is 39.5 Å². The van der Waals surface area contributed by atoms with E-state index in [4.69, 9.17) is 20.9 Å². The number of anilines is 2. The van der Waals surface area contributed by atoms with Gasteiger partial charge in [0.25, 0.3) is 0 Å². The Morgan fingerprint density at radius 1 is 0.333 bits per heavy atom. The van der Waals surface area contributed by atoms with Crippen LogP contribution in [0.5, 0.6) is 11.5 Å². The Labute approximate surface area is 280 Å². The predicted octanol–water partition coefficient (Wildman–Crippen LogP) is 9.31. The summed E-state index contributed by atoms with van der Waals surface area (Å²) < 4.78 is 11.0. The van der Waals surface area contributed by atoms with E-state index in [1.807, 2.05) is 121 Å². The van der Waals surface area contributed by atoms with Gasteiger partial charge in [0, 0.05) is 33.7 Å². The summed E-state index contributed by atoms with van der Waals surface area (Å²) in [6, 6.07) is 47.7. The molecule has 0 spiro atoms. The molecule has 0 heterocycles. The summed E-state index contributed by atoms with van der Waals surface area (Å²) in [7, 11) is 3.30. The zero-order valence-electron chi connectivity index (χ0n) is 26.7. The van der Waals surface area contributed by atoms with Crippen LogP contribution in [0.3, 0.4) is 0 Å². The monoisotopic (exact) mass is 626 g/mol. The molecule has 0 saturated carbocycles. The summed E-state index contributed by atoms with van der Waals surface area (Å²) in [5.74, 6) is 1.45. The first-order chi connectivity index (χ1) is 23.4. The smallest absolute Gasteiger partial charge is 0.195 e. The predicted molar refractivity (Wildman–Crippen MR) is 197 cm³/mol. The van der Waals surface area contributed by atoms with Gasteiger partial charge in [0.05, 0.1) is 14.2 Å². The molecular formula is C43H34N2O3. The van der Waals surface area contributed by atoms with Crippen LogP contribution in [0.15, 0.2) is 146 Å². The lowest BCUT2D eigenvalue weighted by Crippen LogP contribution is -2.02. The number of Topliss-reactive ketones (excluding diaryl/α,β-unsaturated/α-hetero) is 1. The fraction of sp³-hybridized carbons (Fsp3) is 0.0465. The van der Waals surface area contributed by atoms with Crippen molar-refractivity contribution in [2.45, 2.75) is 0 Å². The number of nitrogen functional groups attached to an aromatic ring is 2. The number of rotatable bonds is 8. The first-order valence-electron chi connectivity index (χ1n) is 15.7. The van der Waals surface area contributed by atoms with Gasteiger partial charge in [0.15, 0.2) is 5.78 Å². The Kier molecular flexibility index (Phi) is 8.10. The SMILES string of the molecule is COc1ccc(C2=C(c3ccc(-c4ccc(N)cc4)cc3)C(=O)C(c3ccc(-c4ccc(N)cc4)cc3)=C2c2ccc(OC)cc2)cc1. The minimum Gasteiger partial charge on any atom is -0.497 e. The van der Waals surface area contributed by atoms with Gasteiger partial charge in [-0.05, 0) is 93.0 Å². The average Bonchev–Trinajstić information content (AvgIpc) is 3.45. The number of carbonyl (C=O) groups excluding carboxylic acids is 1. The summed E-state index contributed by atoms with van der Waals surface area (Å²) in [4.78, 5) is 14.9. The quantitative estimate of drug-likeness (QED) is 0.164. The van der Waals surface area contributed by atoms with Crippen LogP contribution in [0.2, 0.25) is 0 Å². The second kappa shape index (κ2) is 12.8. The molecular weight excluding hydrogens is 592 g/mol. The molecule has 0 atom stereocenters. The van der Waals surface area contributed by atoms with Crippen molar-refractivity contribution in [1.82, 2.24) is 0 Å². The number of nitrogens with two attached hydrogens (primary N) is 2. The highest BCUT2D eigenvalue weighted by Gasteiger charge is 2.35. The Morgan fingerprint density at radius 3 is 0.854 bits per heavy atom. The third-order valence-electron chi connectivity index (χ3n) is 8.80. The Balaban J connectivity index is 1.42. The molecule has 1 aliphatic rings. The normalized spacial score (nSPS) is 12.8. The number of hydrogen-bond donors (Lipinski definition) is 2. The molecule has 48 heavy (non-hydrogen) atoms. The molecule has 0 fully saturated rings. The van der Waals surface area contributed by atoms with E-state index in [1.165, 1.54) is 0 Å². The van der Waals surface area contributed by atoms with E-state index in [1.54, 1.807) is 14.2 Å². The summed E-state index contributed by atoms with van der Waals surface area (Å²) >= 11 is 0. The molecule has 0 radical (unpaired) electrons. The highest BCUT2D eigenvalue weighted by molar-refractivity contribution is 6.59. The van der Waals surface area contributed by atoms with Crippen LogP contribution in [-0.2, 0) is 4.79 Å². The number of hydrogen-bond acceptors (Lipinski definition) is 5. The van der Waals surface area contributed by atoms with Crippen LogP contribution in [0.1, 0.15) is 22.3 Å². The number of ether oxygens (including phenoxy) is 2. The Bertz CT molecular complexity index is 2000. The van der Waals surface area contributed by atoms with E-state index >= 15 is 0 Å². The van der Waals surface area contributed by atoms with Crippen LogP contribution in [0.4, 0.5) is 11.4 Å². The maximum atomic E-state index is 14.9. The topological polar surface area (TPSA) is 87.6 Å². The minimum atomic E-state index is -0.0351. The maximum Gasteiger partial charge on any atom is 0.195 e. The van der Waals surface area contributed by atoms with Crippen LogP contribution >= 0.6 is 0 Å². The molecule has 0 unspecified atom stereocenters. The molecule has 6 aromatic rings. The van der Waals surface area contributed by atoms with Gasteiger partial charge in [0.2, 0.25) is 0 Å². The highest BCUT2D eigenvalue weighted by Crippen LogP contribution is 2.50. The van der Waals surface area contributed by atoms with E-state index in [0.717, 1.165) is 67.2 Å². The third-order valence-corrected chi connectivity index (χ3v) is 8.80. The van der Waals surface area contributed by atoms with Crippen molar-refractivity contribution < 1.29 is 14.3 Å². The molecule has 0 amide bonds. The van der Waals surface area contributed by atoms with E-state index in [-0.39, 0.29) is 5.78 Å². The number of methoxy groups -OCH3 is 2. The van der Waals surface area contributed by atoms with Gasteiger partial charge in [-0.1, -0.05) is 97.1 Å². The number of carbonyl (C=O) groups is 1. The van der Waals surface area contributed by atoms with Gasteiger partial charge in [-0.3, -0.25) is 4.79 Å². The summed E-state index contributed by atoms with van der Waals surface area (Å²) in [5.41, 5.74) is 24.0. The summed E-state index contributed by atoms with van der Waals surface area (Å²) in [6.45, 7) is 0. The standard InChI is InChI=1S/C43H34N2O3/c1-47-37-23-15-31(16-24-37)39-40(32-17-25-38(48-2)26-18-32)42(34-9-5-28(6-10-34)30-13-21-36(45)22-14-30)43(46)41(39)33-7-3-27(4-8-33)29-11-19-35(44)20-12-29/h3-26H,44-45H2,1-2H3. The Hall–Kier alpha value is -6.33. The second-order valence-corrected chi connectivity index (χ2v) is 11.7. The van der Waals surface area contributed by atoms with Gasteiger partial charge in [-0.25, -0.2) is 0 Å². The highest BCUT2D eigenvalue weighted by atomic mass is 16.5. The molecule has 0 aliphatic heterocycles. The van der Waals surface area contributed by atoms with Crippen molar-refractivity contribution in [3.8, 4) is 33.8 Å². The fourth-order valence-electron chi connectivity index (χ4n) is 6.26. The average molecular weight is 627 g/mol. The first-order valence-corrected chi connectivity index (χ1v) is 15.7. The minimum absolute atomic E-state index is 0.0351. The molecule has 0 saturated heterocycles. The summed E-state index contributed by atoms with van der Waals surface area (Å²) in [5, 5.41) is 0. The fourth-order valence-corrected chi connectivity index (χ4v) is 6.26. The molecule has 7 rings (SSSR count). The number of ketones is 1. The van der Waals surface area contributed by atoms with Gasteiger partial charge < -0.3 is 20.9 Å². The zero-order valence-corrected chi connectivity index (χ0v) is 26.7. The lowest BCUT2D eigenvalue weighted by atomic mass is 9.89. The molecule has 5 nitrogen and oxygen atoms in total. The van der Waals surface area contributed by atoms with E-state index in [2.05, 4.69) is 24.3 Å². The van der Waals surface area contributed by atoms with Gasteiger partial charge >= 0.3 is 0 Å². The van der Waals surface area contributed by atoms with Crippen LogP contribution < -0.4 is 20.9 Å². The molecule has 1 aliphatic carbocycles.